The number of nitrogens with zero attached hydrogens (tertiary/aromatic N) is 1. The van der Waals surface area contributed by atoms with Crippen LogP contribution in [0.25, 0.3) is 10.8 Å². The number of piperidine rings is 1. The second-order valence-corrected chi connectivity index (χ2v) is 9.52. The van der Waals surface area contributed by atoms with Crippen molar-refractivity contribution in [1.29, 1.82) is 0 Å². The minimum absolute atomic E-state index is 0.239. The van der Waals surface area contributed by atoms with E-state index in [0.717, 1.165) is 10.8 Å². The summed E-state index contributed by atoms with van der Waals surface area (Å²) in [6, 6.07) is 19.3. The first-order valence-electron chi connectivity index (χ1n) is 10.0. The SMILES string of the molecule is NC(=O)c1ccccc1NC(=O)C1CCN(S(=O)(=O)c2ccc3ccccc3c2)CC1. The number of nitrogens with one attached hydrogen (secondary N) is 1. The monoisotopic (exact) mass is 437 g/mol. The standard InChI is InChI=1S/C23H23N3O4S/c24-22(27)20-7-3-4-8-21(20)25-23(28)17-11-13-26(14-12-17)31(29,30)19-10-9-16-5-1-2-6-18(16)15-19/h1-10,15,17H,11-14H2,(H2,24,27)(H,25,28). The minimum Gasteiger partial charge on any atom is -0.366 e. The van der Waals surface area contributed by atoms with Crippen molar-refractivity contribution >= 4 is 38.3 Å². The Labute approximate surface area is 180 Å². The maximum Gasteiger partial charge on any atom is 0.250 e. The lowest BCUT2D eigenvalue weighted by molar-refractivity contribution is -0.120. The maximum atomic E-state index is 13.1. The number of benzene rings is 3. The van der Waals surface area contributed by atoms with Gasteiger partial charge in [-0.05, 0) is 47.9 Å². The molecular formula is C23H23N3O4S. The van der Waals surface area contributed by atoms with E-state index in [9.17, 15) is 18.0 Å². The Kier molecular flexibility index (Phi) is 5.75. The smallest absolute Gasteiger partial charge is 0.250 e. The van der Waals surface area contributed by atoms with E-state index >= 15 is 0 Å². The Hall–Kier alpha value is -3.23. The van der Waals surface area contributed by atoms with Gasteiger partial charge in [-0.3, -0.25) is 9.59 Å². The van der Waals surface area contributed by atoms with Crippen LogP contribution < -0.4 is 11.1 Å². The molecule has 0 spiro atoms. The van der Waals surface area contributed by atoms with Gasteiger partial charge in [-0.1, -0.05) is 42.5 Å². The fourth-order valence-corrected chi connectivity index (χ4v) is 5.38. The van der Waals surface area contributed by atoms with Gasteiger partial charge >= 0.3 is 0 Å². The zero-order valence-electron chi connectivity index (χ0n) is 16.8. The summed E-state index contributed by atoms with van der Waals surface area (Å²) in [5.41, 5.74) is 5.97. The number of primary amides is 1. The van der Waals surface area contributed by atoms with Crippen molar-refractivity contribution in [3.8, 4) is 0 Å². The molecule has 31 heavy (non-hydrogen) atoms. The molecule has 7 nitrogen and oxygen atoms in total. The second kappa shape index (κ2) is 8.49. The van der Waals surface area contributed by atoms with Crippen LogP contribution in [0.2, 0.25) is 0 Å². The van der Waals surface area contributed by atoms with Gasteiger partial charge in [-0.25, -0.2) is 8.42 Å². The fourth-order valence-electron chi connectivity index (χ4n) is 3.88. The average molecular weight is 438 g/mol. The van der Waals surface area contributed by atoms with E-state index < -0.39 is 15.9 Å². The highest BCUT2D eigenvalue weighted by molar-refractivity contribution is 7.89. The third-order valence-corrected chi connectivity index (χ3v) is 7.53. The van der Waals surface area contributed by atoms with Gasteiger partial charge < -0.3 is 11.1 Å². The number of anilines is 1. The lowest BCUT2D eigenvalue weighted by Gasteiger charge is -2.30. The molecule has 3 aromatic carbocycles. The molecule has 160 valence electrons. The van der Waals surface area contributed by atoms with Crippen molar-refractivity contribution in [2.45, 2.75) is 17.7 Å². The summed E-state index contributed by atoms with van der Waals surface area (Å²) < 4.78 is 27.6. The van der Waals surface area contributed by atoms with Gasteiger partial charge in [0.25, 0.3) is 5.91 Å². The zero-order valence-corrected chi connectivity index (χ0v) is 17.6. The van der Waals surface area contributed by atoms with Crippen LogP contribution >= 0.6 is 0 Å². The average Bonchev–Trinajstić information content (AvgIpc) is 2.79. The summed E-state index contributed by atoms with van der Waals surface area (Å²) in [5, 5.41) is 4.61. The Morgan fingerprint density at radius 1 is 0.903 bits per heavy atom. The van der Waals surface area contributed by atoms with Gasteiger partial charge in [0.1, 0.15) is 0 Å². The summed E-state index contributed by atoms with van der Waals surface area (Å²) in [5.74, 6) is -1.20. The number of rotatable bonds is 5. The van der Waals surface area contributed by atoms with Gasteiger partial charge in [0, 0.05) is 19.0 Å². The largest absolute Gasteiger partial charge is 0.366 e. The molecule has 0 bridgehead atoms. The van der Waals surface area contributed by atoms with Gasteiger partial charge in [0.2, 0.25) is 15.9 Å². The molecule has 3 N–H and O–H groups in total. The van der Waals surface area contributed by atoms with Crippen LogP contribution in [0.4, 0.5) is 5.69 Å². The summed E-state index contributed by atoms with van der Waals surface area (Å²) in [6.07, 6.45) is 0.800. The molecule has 1 fully saturated rings. The maximum absolute atomic E-state index is 13.1. The number of nitrogens with two attached hydrogens (primary N) is 1. The molecule has 0 aliphatic carbocycles. The molecule has 1 saturated heterocycles. The van der Waals surface area contributed by atoms with E-state index in [2.05, 4.69) is 5.32 Å². The summed E-state index contributed by atoms with van der Waals surface area (Å²) in [7, 11) is -3.64. The lowest BCUT2D eigenvalue weighted by atomic mass is 9.97. The molecule has 4 rings (SSSR count). The van der Waals surface area contributed by atoms with E-state index in [1.807, 2.05) is 24.3 Å². The Morgan fingerprint density at radius 3 is 2.26 bits per heavy atom. The van der Waals surface area contributed by atoms with E-state index in [1.165, 1.54) is 4.31 Å². The van der Waals surface area contributed by atoms with Crippen LogP contribution in [-0.4, -0.2) is 37.6 Å². The van der Waals surface area contributed by atoms with Crippen LogP contribution in [-0.2, 0) is 14.8 Å². The molecule has 1 heterocycles. The lowest BCUT2D eigenvalue weighted by Crippen LogP contribution is -2.41. The van der Waals surface area contributed by atoms with Crippen molar-refractivity contribution in [3.63, 3.8) is 0 Å². The quantitative estimate of drug-likeness (QED) is 0.639. The van der Waals surface area contributed by atoms with E-state index in [1.54, 1.807) is 42.5 Å². The first-order valence-corrected chi connectivity index (χ1v) is 11.5. The van der Waals surface area contributed by atoms with Crippen LogP contribution in [0, 0.1) is 5.92 Å². The van der Waals surface area contributed by atoms with Gasteiger partial charge in [0.15, 0.2) is 0 Å². The minimum atomic E-state index is -3.64. The molecular weight excluding hydrogens is 414 g/mol. The normalized spacial score (nSPS) is 15.6. The number of fused-ring (bicyclic) bond motifs is 1. The number of hydrogen-bond acceptors (Lipinski definition) is 4. The highest BCUT2D eigenvalue weighted by Crippen LogP contribution is 2.27. The molecule has 0 unspecified atom stereocenters. The Balaban J connectivity index is 1.44. The van der Waals surface area contributed by atoms with Gasteiger partial charge in [0.05, 0.1) is 16.1 Å². The first-order chi connectivity index (χ1) is 14.9. The Bertz CT molecular complexity index is 1250. The molecule has 0 aromatic heterocycles. The number of amides is 2. The second-order valence-electron chi connectivity index (χ2n) is 7.59. The van der Waals surface area contributed by atoms with Crippen molar-refractivity contribution < 1.29 is 18.0 Å². The Morgan fingerprint density at radius 2 is 1.55 bits per heavy atom. The molecule has 0 radical (unpaired) electrons. The number of carbonyl (C=O) groups excluding carboxylic acids is 2. The zero-order chi connectivity index (χ0) is 22.0. The molecule has 1 aliphatic heterocycles. The topological polar surface area (TPSA) is 110 Å². The number of hydrogen-bond donors (Lipinski definition) is 2. The predicted octanol–water partition coefficient (Wildman–Crippen LogP) is 2.98. The molecule has 0 atom stereocenters. The van der Waals surface area contributed by atoms with Crippen LogP contribution in [0.5, 0.6) is 0 Å². The summed E-state index contributed by atoms with van der Waals surface area (Å²) in [6.45, 7) is 0.509. The van der Waals surface area contributed by atoms with E-state index in [4.69, 9.17) is 5.73 Å². The van der Waals surface area contributed by atoms with Crippen LogP contribution in [0.3, 0.4) is 0 Å². The van der Waals surface area contributed by atoms with Crippen molar-refractivity contribution in [2.24, 2.45) is 11.7 Å². The highest BCUT2D eigenvalue weighted by atomic mass is 32.2. The van der Waals surface area contributed by atoms with E-state index in [0.29, 0.717) is 18.5 Å². The highest BCUT2D eigenvalue weighted by Gasteiger charge is 2.32. The van der Waals surface area contributed by atoms with Crippen molar-refractivity contribution in [1.82, 2.24) is 4.31 Å². The van der Waals surface area contributed by atoms with Crippen molar-refractivity contribution in [3.05, 3.63) is 72.3 Å². The van der Waals surface area contributed by atoms with Gasteiger partial charge in [-0.15, -0.1) is 0 Å². The first kappa shape index (κ1) is 21.0. The van der Waals surface area contributed by atoms with Crippen molar-refractivity contribution in [2.75, 3.05) is 18.4 Å². The predicted molar refractivity (Wildman–Crippen MR) is 119 cm³/mol. The number of para-hydroxylation sites is 1. The molecule has 0 saturated carbocycles. The number of carbonyl (C=O) groups is 2. The molecule has 3 aromatic rings. The molecule has 2 amide bonds. The van der Waals surface area contributed by atoms with Crippen LogP contribution in [0.1, 0.15) is 23.2 Å². The van der Waals surface area contributed by atoms with Gasteiger partial charge in [-0.2, -0.15) is 4.31 Å². The fraction of sp³-hybridized carbons (Fsp3) is 0.217. The third kappa shape index (κ3) is 4.30. The number of sulfonamides is 1. The van der Waals surface area contributed by atoms with E-state index in [-0.39, 0.29) is 35.4 Å². The van der Waals surface area contributed by atoms with Crippen LogP contribution in [0.15, 0.2) is 71.6 Å². The molecule has 1 aliphatic rings. The molecule has 8 heteroatoms. The third-order valence-electron chi connectivity index (χ3n) is 5.63. The summed E-state index contributed by atoms with van der Waals surface area (Å²) in [4.78, 5) is 24.5. The summed E-state index contributed by atoms with van der Waals surface area (Å²) >= 11 is 0.